The summed E-state index contributed by atoms with van der Waals surface area (Å²) in [5.41, 5.74) is 0.268. The molecule has 106 valence electrons. The van der Waals surface area contributed by atoms with Crippen molar-refractivity contribution in [1.82, 2.24) is 0 Å². The number of rotatable bonds is 6. The highest BCUT2D eigenvalue weighted by Gasteiger charge is 2.19. The van der Waals surface area contributed by atoms with Crippen LogP contribution >= 0.6 is 11.6 Å². The van der Waals surface area contributed by atoms with E-state index >= 15 is 0 Å². The molecule has 1 N–H and O–H groups in total. The Morgan fingerprint density at radius 3 is 2.85 bits per heavy atom. The Morgan fingerprint density at radius 1 is 1.65 bits per heavy atom. The van der Waals surface area contributed by atoms with Crippen LogP contribution in [0.3, 0.4) is 0 Å². The van der Waals surface area contributed by atoms with Crippen LogP contribution < -0.4 is 5.32 Å². The van der Waals surface area contributed by atoms with Gasteiger partial charge in [-0.05, 0) is 13.0 Å². The van der Waals surface area contributed by atoms with E-state index in [1.807, 2.05) is 6.07 Å². The van der Waals surface area contributed by atoms with Gasteiger partial charge in [0.05, 0.1) is 28.3 Å². The summed E-state index contributed by atoms with van der Waals surface area (Å²) < 4.78 is 4.74. The number of non-ortho nitro benzene ring substituents is 1. The van der Waals surface area contributed by atoms with Crippen molar-refractivity contribution >= 4 is 28.9 Å². The Labute approximate surface area is 120 Å². The second kappa shape index (κ2) is 7.31. The first-order valence-electron chi connectivity index (χ1n) is 5.73. The molecule has 8 heteroatoms. The number of hydrogen-bond acceptors (Lipinski definition) is 6. The van der Waals surface area contributed by atoms with E-state index in [0.29, 0.717) is 5.69 Å². The summed E-state index contributed by atoms with van der Waals surface area (Å²) in [6.07, 6.45) is 0. The molecule has 0 heterocycles. The summed E-state index contributed by atoms with van der Waals surface area (Å²) in [5.74, 6) is -1.60. The lowest BCUT2D eigenvalue weighted by atomic mass is 10.1. The molecule has 1 aromatic carbocycles. The summed E-state index contributed by atoms with van der Waals surface area (Å²) in [6, 6.07) is 5.70. The first kappa shape index (κ1) is 15.7. The van der Waals surface area contributed by atoms with Crippen molar-refractivity contribution in [3.05, 3.63) is 33.3 Å². The lowest BCUT2D eigenvalue weighted by Gasteiger charge is -2.11. The van der Waals surface area contributed by atoms with Crippen LogP contribution in [0.25, 0.3) is 0 Å². The summed E-state index contributed by atoms with van der Waals surface area (Å²) in [5, 5.41) is 22.4. The lowest BCUT2D eigenvalue weighted by Crippen LogP contribution is -2.24. The fourth-order valence-electron chi connectivity index (χ4n) is 1.40. The highest BCUT2D eigenvalue weighted by Crippen LogP contribution is 2.26. The van der Waals surface area contributed by atoms with E-state index in [1.165, 1.54) is 18.2 Å². The van der Waals surface area contributed by atoms with Gasteiger partial charge < -0.3 is 10.1 Å². The maximum Gasteiger partial charge on any atom is 0.325 e. The van der Waals surface area contributed by atoms with Gasteiger partial charge in [0.2, 0.25) is 0 Å². The molecule has 1 unspecified atom stereocenters. The maximum absolute atomic E-state index is 11.4. The fourth-order valence-corrected chi connectivity index (χ4v) is 1.64. The Kier molecular flexibility index (Phi) is 5.74. The molecule has 0 radical (unpaired) electrons. The second-order valence-corrected chi connectivity index (χ2v) is 4.14. The molecule has 0 fully saturated rings. The zero-order valence-corrected chi connectivity index (χ0v) is 11.4. The van der Waals surface area contributed by atoms with Crippen molar-refractivity contribution in [1.29, 1.82) is 5.26 Å². The third-order valence-electron chi connectivity index (χ3n) is 2.39. The zero-order valence-electron chi connectivity index (χ0n) is 10.6. The second-order valence-electron chi connectivity index (χ2n) is 3.74. The summed E-state index contributed by atoms with van der Waals surface area (Å²) in [7, 11) is 0. The van der Waals surface area contributed by atoms with Crippen LogP contribution in [0.15, 0.2) is 18.2 Å². The van der Waals surface area contributed by atoms with Crippen LogP contribution in [0.4, 0.5) is 11.4 Å². The van der Waals surface area contributed by atoms with Crippen molar-refractivity contribution in [2.45, 2.75) is 6.92 Å². The van der Waals surface area contributed by atoms with Crippen LogP contribution in [-0.2, 0) is 9.53 Å². The van der Waals surface area contributed by atoms with E-state index in [1.54, 1.807) is 6.92 Å². The van der Waals surface area contributed by atoms with Crippen LogP contribution in [0, 0.1) is 27.4 Å². The maximum atomic E-state index is 11.4. The molecule has 20 heavy (non-hydrogen) atoms. The monoisotopic (exact) mass is 297 g/mol. The molecule has 0 aliphatic rings. The molecule has 1 rings (SSSR count). The number of nitrogens with one attached hydrogen (secondary N) is 1. The molecule has 0 amide bonds. The van der Waals surface area contributed by atoms with Gasteiger partial charge in [-0.1, -0.05) is 11.6 Å². The molecule has 0 saturated carbocycles. The van der Waals surface area contributed by atoms with Gasteiger partial charge in [-0.3, -0.25) is 14.9 Å². The van der Waals surface area contributed by atoms with Gasteiger partial charge >= 0.3 is 5.97 Å². The number of anilines is 1. The van der Waals surface area contributed by atoms with E-state index < -0.39 is 16.8 Å². The molecule has 7 nitrogen and oxygen atoms in total. The number of carbonyl (C=O) groups excluding carboxylic acids is 1. The molecule has 0 aliphatic carbocycles. The number of ether oxygens (including phenoxy) is 1. The number of benzene rings is 1. The van der Waals surface area contributed by atoms with Gasteiger partial charge in [-0.15, -0.1) is 0 Å². The number of halogens is 1. The van der Waals surface area contributed by atoms with E-state index in [9.17, 15) is 14.9 Å². The van der Waals surface area contributed by atoms with Crippen LogP contribution in [-0.4, -0.2) is 24.0 Å². The van der Waals surface area contributed by atoms with Crippen molar-refractivity contribution in [2.75, 3.05) is 18.5 Å². The number of hydrogen-bond donors (Lipinski definition) is 1. The SMILES string of the molecule is CCOC(=O)C(C#N)CNc1ccc([N+](=O)[O-])cc1Cl. The summed E-state index contributed by atoms with van der Waals surface area (Å²) >= 11 is 5.87. The first-order chi connectivity index (χ1) is 9.49. The Bertz CT molecular complexity index is 556. The summed E-state index contributed by atoms with van der Waals surface area (Å²) in [4.78, 5) is 21.4. The number of esters is 1. The van der Waals surface area contributed by atoms with Crippen LogP contribution in [0.1, 0.15) is 6.92 Å². The standard InChI is InChI=1S/C12H12ClN3O4/c1-2-20-12(17)8(6-14)7-15-11-4-3-9(16(18)19)5-10(11)13/h3-5,8,15H,2,7H2,1H3. The van der Waals surface area contributed by atoms with Gasteiger partial charge in [-0.25, -0.2) is 0 Å². The van der Waals surface area contributed by atoms with Gasteiger partial charge in [0.1, 0.15) is 0 Å². The highest BCUT2D eigenvalue weighted by molar-refractivity contribution is 6.33. The van der Waals surface area contributed by atoms with E-state index in [0.717, 1.165) is 0 Å². The van der Waals surface area contributed by atoms with Crippen molar-refractivity contribution in [3.8, 4) is 6.07 Å². The highest BCUT2D eigenvalue weighted by atomic mass is 35.5. The number of nitriles is 1. The van der Waals surface area contributed by atoms with Crippen LogP contribution in [0.5, 0.6) is 0 Å². The van der Waals surface area contributed by atoms with E-state index in [-0.39, 0.29) is 23.9 Å². The van der Waals surface area contributed by atoms with Crippen molar-refractivity contribution in [3.63, 3.8) is 0 Å². The van der Waals surface area contributed by atoms with E-state index in [4.69, 9.17) is 21.6 Å². The first-order valence-corrected chi connectivity index (χ1v) is 6.11. The fraction of sp³-hybridized carbons (Fsp3) is 0.333. The van der Waals surface area contributed by atoms with Crippen molar-refractivity contribution < 1.29 is 14.5 Å². The predicted molar refractivity (Wildman–Crippen MR) is 72.3 cm³/mol. The molecular formula is C12H12ClN3O4. The quantitative estimate of drug-likeness (QED) is 0.491. The molecular weight excluding hydrogens is 286 g/mol. The zero-order chi connectivity index (χ0) is 15.1. The topological polar surface area (TPSA) is 105 Å². The third kappa shape index (κ3) is 4.10. The van der Waals surface area contributed by atoms with Crippen molar-refractivity contribution in [2.24, 2.45) is 5.92 Å². The lowest BCUT2D eigenvalue weighted by molar-refractivity contribution is -0.384. The minimum absolute atomic E-state index is 0.00681. The van der Waals surface area contributed by atoms with Crippen LogP contribution in [0.2, 0.25) is 5.02 Å². The smallest absolute Gasteiger partial charge is 0.325 e. The molecule has 0 aromatic heterocycles. The molecule has 0 spiro atoms. The number of nitro benzene ring substituents is 1. The van der Waals surface area contributed by atoms with E-state index in [2.05, 4.69) is 5.32 Å². The minimum Gasteiger partial charge on any atom is -0.465 e. The third-order valence-corrected chi connectivity index (χ3v) is 2.70. The average Bonchev–Trinajstić information content (AvgIpc) is 2.41. The van der Waals surface area contributed by atoms with Gasteiger partial charge in [0.25, 0.3) is 5.69 Å². The minimum atomic E-state index is -0.971. The van der Waals surface area contributed by atoms with Gasteiger partial charge in [0, 0.05) is 18.7 Å². The average molecular weight is 298 g/mol. The number of carbonyl (C=O) groups is 1. The van der Waals surface area contributed by atoms with Gasteiger partial charge in [0.15, 0.2) is 5.92 Å². The molecule has 0 saturated heterocycles. The predicted octanol–water partition coefficient (Wildman–Crippen LogP) is 2.36. The number of nitro groups is 1. The van der Waals surface area contributed by atoms with Gasteiger partial charge in [-0.2, -0.15) is 5.26 Å². The molecule has 1 atom stereocenters. The Hall–Kier alpha value is -2.33. The largest absolute Gasteiger partial charge is 0.465 e. The number of nitrogens with zero attached hydrogens (tertiary/aromatic N) is 2. The normalized spacial score (nSPS) is 11.2. The summed E-state index contributed by atoms with van der Waals surface area (Å²) in [6.45, 7) is 1.84. The Balaban J connectivity index is 2.72. The molecule has 0 aliphatic heterocycles. The molecule has 0 bridgehead atoms. The molecule has 1 aromatic rings. The Morgan fingerprint density at radius 2 is 2.35 bits per heavy atom.